The van der Waals surface area contributed by atoms with Crippen LogP contribution in [0.5, 0.6) is 0 Å². The third-order valence-electron chi connectivity index (χ3n) is 8.78. The minimum absolute atomic E-state index is 0.0281. The van der Waals surface area contributed by atoms with Crippen LogP contribution in [0.4, 0.5) is 4.79 Å². The molecule has 6 atom stereocenters. The molecular weight excluding hydrogens is 520 g/mol. The lowest BCUT2D eigenvalue weighted by Gasteiger charge is -2.36. The zero-order valence-corrected chi connectivity index (χ0v) is 28.0. The monoisotopic (exact) mass is 580 g/mol. The highest BCUT2D eigenvalue weighted by molar-refractivity contribution is 7.99. The molecular formula is C32H60N4O3S. The highest BCUT2D eigenvalue weighted by atomic mass is 32.2. The summed E-state index contributed by atoms with van der Waals surface area (Å²) < 4.78 is 0. The smallest absolute Gasteiger partial charge is 0.315 e. The molecule has 1 aliphatic carbocycles. The lowest BCUT2D eigenvalue weighted by Crippen LogP contribution is -2.60. The molecule has 0 bridgehead atoms. The van der Waals surface area contributed by atoms with Crippen molar-refractivity contribution in [1.29, 1.82) is 0 Å². The van der Waals surface area contributed by atoms with Gasteiger partial charge in [0, 0.05) is 24.4 Å². The molecule has 4 amide bonds. The quantitative estimate of drug-likeness (QED) is 0.228. The molecule has 2 aliphatic rings. The molecule has 0 aromatic heterocycles. The second-order valence-corrected chi connectivity index (χ2v) is 16.1. The maximum atomic E-state index is 14.2. The van der Waals surface area contributed by atoms with Gasteiger partial charge in [0.2, 0.25) is 11.8 Å². The Hall–Kier alpha value is -1.44. The SMILES string of the molecule is CCC(C)[C@@H]1CC(C(=O)NC(C)CC2CCC2)N(C(=O)C(NC(=O)NC(CSC(C)C)CC(C)C)C(C)(C)C)C1. The van der Waals surface area contributed by atoms with Gasteiger partial charge in [-0.2, -0.15) is 11.8 Å². The Morgan fingerprint density at radius 1 is 0.975 bits per heavy atom. The molecule has 40 heavy (non-hydrogen) atoms. The Morgan fingerprint density at radius 2 is 1.62 bits per heavy atom. The number of carbonyl (C=O) groups is 3. The summed E-state index contributed by atoms with van der Waals surface area (Å²) in [6, 6.07) is -1.41. The van der Waals surface area contributed by atoms with Gasteiger partial charge in [0.05, 0.1) is 0 Å². The van der Waals surface area contributed by atoms with E-state index in [1.807, 2.05) is 32.5 Å². The summed E-state index contributed by atoms with van der Waals surface area (Å²) in [5, 5.41) is 9.92. The van der Waals surface area contributed by atoms with E-state index in [4.69, 9.17) is 0 Å². The fraction of sp³-hybridized carbons (Fsp3) is 0.906. The van der Waals surface area contributed by atoms with E-state index >= 15 is 0 Å². The maximum absolute atomic E-state index is 14.2. The minimum atomic E-state index is -0.733. The van der Waals surface area contributed by atoms with Crippen molar-refractivity contribution in [3.63, 3.8) is 0 Å². The first kappa shape index (κ1) is 34.8. The van der Waals surface area contributed by atoms with Crippen LogP contribution in [0.2, 0.25) is 0 Å². The number of carbonyl (C=O) groups excluding carboxylic acids is 3. The summed E-state index contributed by atoms with van der Waals surface area (Å²) in [7, 11) is 0. The minimum Gasteiger partial charge on any atom is -0.352 e. The van der Waals surface area contributed by atoms with Crippen molar-refractivity contribution in [2.24, 2.45) is 29.1 Å². The standard InChI is InChI=1S/C32H60N4O3S/c1-11-22(6)25-17-27(29(37)33-23(7)16-24-13-12-14-24)36(18-25)30(38)28(32(8,9)10)35-31(39)34-26(15-20(2)3)19-40-21(4)5/h20-28H,11-19H2,1-10H3,(H,33,37)(H2,34,35,39)/t22?,23?,25-,26?,27?,28?/m1/s1. The molecule has 8 heteroatoms. The summed E-state index contributed by atoms with van der Waals surface area (Å²) in [5.41, 5.74) is -0.512. The Balaban J connectivity index is 2.19. The van der Waals surface area contributed by atoms with E-state index in [1.165, 1.54) is 19.3 Å². The summed E-state index contributed by atoms with van der Waals surface area (Å²) in [6.07, 6.45) is 7.35. The number of hydrogen-bond donors (Lipinski definition) is 3. The third kappa shape index (κ3) is 10.8. The van der Waals surface area contributed by atoms with Gasteiger partial charge >= 0.3 is 6.03 Å². The lowest BCUT2D eigenvalue weighted by molar-refractivity contribution is -0.142. The topological polar surface area (TPSA) is 90.5 Å². The molecule has 1 saturated heterocycles. The highest BCUT2D eigenvalue weighted by Gasteiger charge is 2.46. The second kappa shape index (κ2) is 15.7. The van der Waals surface area contributed by atoms with Gasteiger partial charge in [-0.05, 0) is 60.5 Å². The van der Waals surface area contributed by atoms with Crippen LogP contribution < -0.4 is 16.0 Å². The molecule has 0 radical (unpaired) electrons. The number of likely N-dealkylation sites (tertiary alicyclic amines) is 1. The van der Waals surface area contributed by atoms with Crippen molar-refractivity contribution < 1.29 is 14.4 Å². The van der Waals surface area contributed by atoms with Crippen LogP contribution in [0.3, 0.4) is 0 Å². The number of nitrogens with one attached hydrogen (secondary N) is 3. The van der Waals surface area contributed by atoms with Gasteiger partial charge in [-0.3, -0.25) is 9.59 Å². The first-order valence-corrected chi connectivity index (χ1v) is 17.0. The van der Waals surface area contributed by atoms with Crippen molar-refractivity contribution in [2.75, 3.05) is 12.3 Å². The predicted molar refractivity (Wildman–Crippen MR) is 168 cm³/mol. The van der Waals surface area contributed by atoms with Crippen LogP contribution in [0.15, 0.2) is 0 Å². The summed E-state index contributed by atoms with van der Waals surface area (Å²) in [6.45, 7) is 21.6. The number of hydrogen-bond acceptors (Lipinski definition) is 4. The van der Waals surface area contributed by atoms with Gasteiger partial charge in [-0.15, -0.1) is 0 Å². The number of thioether (sulfide) groups is 1. The molecule has 1 saturated carbocycles. The van der Waals surface area contributed by atoms with Gasteiger partial charge in [-0.1, -0.05) is 88.0 Å². The third-order valence-corrected chi connectivity index (χ3v) is 10.0. The van der Waals surface area contributed by atoms with E-state index in [9.17, 15) is 14.4 Å². The van der Waals surface area contributed by atoms with Crippen molar-refractivity contribution in [2.45, 2.75) is 144 Å². The fourth-order valence-electron chi connectivity index (χ4n) is 5.95. The summed E-state index contributed by atoms with van der Waals surface area (Å²) >= 11 is 1.83. The Kier molecular flexibility index (Phi) is 13.6. The average molecular weight is 581 g/mol. The number of amides is 4. The fourth-order valence-corrected chi connectivity index (χ4v) is 6.79. The molecule has 3 N–H and O–H groups in total. The van der Waals surface area contributed by atoms with Crippen LogP contribution in [0, 0.1) is 29.1 Å². The number of nitrogens with zero attached hydrogens (tertiary/aromatic N) is 1. The molecule has 1 aliphatic heterocycles. The molecule has 232 valence electrons. The van der Waals surface area contributed by atoms with Gasteiger partial charge < -0.3 is 20.9 Å². The van der Waals surface area contributed by atoms with Gasteiger partial charge in [0.1, 0.15) is 12.1 Å². The van der Waals surface area contributed by atoms with E-state index in [2.05, 4.69) is 64.4 Å². The van der Waals surface area contributed by atoms with E-state index < -0.39 is 17.5 Å². The van der Waals surface area contributed by atoms with Gasteiger partial charge in [0.25, 0.3) is 0 Å². The normalized spacial score (nSPS) is 22.9. The molecule has 2 rings (SSSR count). The number of rotatable bonds is 14. The molecule has 0 aromatic carbocycles. The van der Waals surface area contributed by atoms with Gasteiger partial charge in [-0.25, -0.2) is 4.79 Å². The van der Waals surface area contributed by atoms with Crippen molar-refractivity contribution in [3.8, 4) is 0 Å². The first-order valence-electron chi connectivity index (χ1n) is 15.9. The van der Waals surface area contributed by atoms with Crippen molar-refractivity contribution in [3.05, 3.63) is 0 Å². The molecule has 7 nitrogen and oxygen atoms in total. The predicted octanol–water partition coefficient (Wildman–Crippen LogP) is 6.21. The van der Waals surface area contributed by atoms with Crippen molar-refractivity contribution >= 4 is 29.6 Å². The van der Waals surface area contributed by atoms with E-state index in [1.54, 1.807) is 4.90 Å². The first-order chi connectivity index (χ1) is 18.6. The zero-order valence-electron chi connectivity index (χ0n) is 27.1. The van der Waals surface area contributed by atoms with Crippen LogP contribution >= 0.6 is 11.8 Å². The maximum Gasteiger partial charge on any atom is 0.315 e. The largest absolute Gasteiger partial charge is 0.352 e. The zero-order chi connectivity index (χ0) is 30.2. The molecule has 5 unspecified atom stereocenters. The Morgan fingerprint density at radius 3 is 2.12 bits per heavy atom. The van der Waals surface area contributed by atoms with E-state index in [-0.39, 0.29) is 35.8 Å². The Labute approximate surface area is 249 Å². The molecule has 0 aromatic rings. The van der Waals surface area contributed by atoms with Crippen LogP contribution in [0.25, 0.3) is 0 Å². The second-order valence-electron chi connectivity index (χ2n) is 14.5. The van der Waals surface area contributed by atoms with E-state index in [0.29, 0.717) is 36.0 Å². The van der Waals surface area contributed by atoms with Crippen LogP contribution in [-0.4, -0.2) is 64.5 Å². The van der Waals surface area contributed by atoms with Crippen LogP contribution in [0.1, 0.15) is 114 Å². The lowest BCUT2D eigenvalue weighted by atomic mass is 9.81. The van der Waals surface area contributed by atoms with Crippen LogP contribution in [-0.2, 0) is 9.59 Å². The van der Waals surface area contributed by atoms with Crippen molar-refractivity contribution in [1.82, 2.24) is 20.9 Å². The van der Waals surface area contributed by atoms with Gasteiger partial charge in [0.15, 0.2) is 0 Å². The summed E-state index contributed by atoms with van der Waals surface area (Å²) in [5.74, 6) is 2.47. The molecule has 0 spiro atoms. The highest BCUT2D eigenvalue weighted by Crippen LogP contribution is 2.34. The molecule has 1 heterocycles. The average Bonchev–Trinajstić information content (AvgIpc) is 3.27. The Bertz CT molecular complexity index is 823. The number of urea groups is 1. The molecule has 2 fully saturated rings. The summed E-state index contributed by atoms with van der Waals surface area (Å²) in [4.78, 5) is 42.8. The van der Waals surface area contributed by atoms with E-state index in [0.717, 1.165) is 25.0 Å².